The van der Waals surface area contributed by atoms with Crippen LogP contribution in [0.2, 0.25) is 0 Å². The van der Waals surface area contributed by atoms with E-state index >= 15 is 0 Å². The first-order valence-electron chi connectivity index (χ1n) is 7.03. The van der Waals surface area contributed by atoms with E-state index in [0.29, 0.717) is 17.1 Å². The number of ether oxygens (including phenoxy) is 1. The molecule has 0 spiro atoms. The Kier molecular flexibility index (Phi) is 4.87. The molecule has 130 valence electrons. The normalized spacial score (nSPS) is 23.6. The molecular formula is C13H16N4O6S. The number of nitrogens with two attached hydrogens (primary N) is 1. The Hall–Kier alpha value is -1.92. The number of thioether (sulfide) groups is 1. The molecule has 0 unspecified atom stereocenters. The molecule has 0 radical (unpaired) electrons. The van der Waals surface area contributed by atoms with Crippen molar-refractivity contribution in [3.8, 4) is 11.5 Å². The summed E-state index contributed by atoms with van der Waals surface area (Å²) in [4.78, 5) is 11.1. The number of aryl methyl sites for hydroxylation is 1. The van der Waals surface area contributed by atoms with Crippen LogP contribution >= 0.6 is 11.8 Å². The third-order valence-corrected chi connectivity index (χ3v) is 4.31. The molecule has 1 fully saturated rings. The van der Waals surface area contributed by atoms with Crippen molar-refractivity contribution in [1.82, 2.24) is 15.6 Å². The molecule has 10 nitrogen and oxygen atoms in total. The minimum Gasteiger partial charge on any atom is -0.463 e. The predicted octanol–water partition coefficient (Wildman–Crippen LogP) is -0.487. The average molecular weight is 356 g/mol. The second kappa shape index (κ2) is 6.91. The number of hydrazine groups is 1. The Morgan fingerprint density at radius 2 is 2.25 bits per heavy atom. The Morgan fingerprint density at radius 3 is 2.92 bits per heavy atom. The number of nitrogens with one attached hydrogen (secondary N) is 1. The number of nitrogens with zero attached hydrogens (tertiary/aromatic N) is 2. The van der Waals surface area contributed by atoms with Gasteiger partial charge in [0.2, 0.25) is 5.91 Å². The number of carbonyl (C=O) groups excluding carboxylic acids is 1. The van der Waals surface area contributed by atoms with Crippen molar-refractivity contribution in [1.29, 1.82) is 0 Å². The Bertz CT molecular complexity index is 732. The zero-order valence-electron chi connectivity index (χ0n) is 12.6. The molecule has 5 N–H and O–H groups in total. The Labute approximate surface area is 140 Å². The molecule has 1 aliphatic rings. The van der Waals surface area contributed by atoms with E-state index in [1.54, 1.807) is 13.0 Å². The van der Waals surface area contributed by atoms with Crippen LogP contribution in [0, 0.1) is 6.92 Å². The van der Waals surface area contributed by atoms with Crippen molar-refractivity contribution < 1.29 is 28.6 Å². The fourth-order valence-electron chi connectivity index (χ4n) is 2.26. The Morgan fingerprint density at radius 1 is 1.46 bits per heavy atom. The van der Waals surface area contributed by atoms with Crippen LogP contribution in [0.15, 0.2) is 20.1 Å². The summed E-state index contributed by atoms with van der Waals surface area (Å²) in [5.41, 5.74) is 2.55. The van der Waals surface area contributed by atoms with Gasteiger partial charge in [0.15, 0.2) is 0 Å². The lowest BCUT2D eigenvalue weighted by molar-refractivity contribution is -0.118. The largest absolute Gasteiger partial charge is 0.463 e. The summed E-state index contributed by atoms with van der Waals surface area (Å²) < 4.78 is 16.4. The molecule has 11 heteroatoms. The van der Waals surface area contributed by atoms with Crippen molar-refractivity contribution in [3.63, 3.8) is 0 Å². The first-order chi connectivity index (χ1) is 11.5. The SMILES string of the molecule is Cc1oc([C@@H]2OC[C@@H](O)[C@H]2O)cc1-c1nnc(SCC(=O)NN)o1. The number of aliphatic hydroxyl groups is 2. The summed E-state index contributed by atoms with van der Waals surface area (Å²) in [6.45, 7) is 1.74. The van der Waals surface area contributed by atoms with E-state index in [-0.39, 0.29) is 29.4 Å². The maximum absolute atomic E-state index is 11.1. The zero-order valence-corrected chi connectivity index (χ0v) is 13.4. The molecule has 0 aromatic carbocycles. The number of aliphatic hydroxyl groups excluding tert-OH is 2. The van der Waals surface area contributed by atoms with Gasteiger partial charge in [0.25, 0.3) is 11.1 Å². The van der Waals surface area contributed by atoms with Crippen LogP contribution in [0.4, 0.5) is 0 Å². The predicted molar refractivity (Wildman–Crippen MR) is 80.5 cm³/mol. The van der Waals surface area contributed by atoms with Crippen molar-refractivity contribution in [3.05, 3.63) is 17.6 Å². The van der Waals surface area contributed by atoms with E-state index in [1.807, 2.05) is 5.43 Å². The highest BCUT2D eigenvalue weighted by atomic mass is 32.2. The van der Waals surface area contributed by atoms with Gasteiger partial charge < -0.3 is 23.8 Å². The van der Waals surface area contributed by atoms with Gasteiger partial charge in [0, 0.05) is 0 Å². The standard InChI is InChI=1S/C13H16N4O6S/c1-5-6(2-8(22-5)11-10(20)7(18)3-21-11)12-16-17-13(23-12)24-4-9(19)15-14/h2,7,10-11,18,20H,3-4,14H2,1H3,(H,15,19)/t7-,10-,11+/m1/s1. The van der Waals surface area contributed by atoms with Gasteiger partial charge in [0.05, 0.1) is 17.9 Å². The van der Waals surface area contributed by atoms with Crippen LogP contribution in [0.25, 0.3) is 11.5 Å². The van der Waals surface area contributed by atoms with Gasteiger partial charge in [-0.3, -0.25) is 10.2 Å². The number of hydrogen-bond donors (Lipinski definition) is 4. The van der Waals surface area contributed by atoms with Gasteiger partial charge >= 0.3 is 0 Å². The van der Waals surface area contributed by atoms with Crippen LogP contribution in [-0.2, 0) is 9.53 Å². The van der Waals surface area contributed by atoms with E-state index in [9.17, 15) is 15.0 Å². The van der Waals surface area contributed by atoms with Gasteiger partial charge in [-0.2, -0.15) is 0 Å². The van der Waals surface area contributed by atoms with Crippen LogP contribution in [0.5, 0.6) is 0 Å². The van der Waals surface area contributed by atoms with Crippen molar-refractivity contribution in [2.75, 3.05) is 12.4 Å². The number of aromatic nitrogens is 2. The fourth-order valence-corrected chi connectivity index (χ4v) is 2.83. The molecule has 1 saturated heterocycles. The van der Waals surface area contributed by atoms with Crippen LogP contribution in [-0.4, -0.2) is 50.9 Å². The lowest BCUT2D eigenvalue weighted by atomic mass is 10.1. The van der Waals surface area contributed by atoms with Crippen molar-refractivity contribution in [2.45, 2.75) is 30.5 Å². The first-order valence-corrected chi connectivity index (χ1v) is 8.02. The molecule has 0 saturated carbocycles. The van der Waals surface area contributed by atoms with Crippen LogP contribution in [0.1, 0.15) is 17.6 Å². The highest BCUT2D eigenvalue weighted by molar-refractivity contribution is 7.99. The lowest BCUT2D eigenvalue weighted by Crippen LogP contribution is -2.31. The van der Waals surface area contributed by atoms with E-state index < -0.39 is 18.3 Å². The third kappa shape index (κ3) is 3.30. The van der Waals surface area contributed by atoms with Crippen molar-refractivity contribution in [2.24, 2.45) is 5.84 Å². The number of rotatable bonds is 5. The van der Waals surface area contributed by atoms with Gasteiger partial charge in [-0.15, -0.1) is 10.2 Å². The monoisotopic (exact) mass is 356 g/mol. The second-order valence-corrected chi connectivity index (χ2v) is 6.09. The smallest absolute Gasteiger partial charge is 0.277 e. The quantitative estimate of drug-likeness (QED) is 0.238. The van der Waals surface area contributed by atoms with Gasteiger partial charge in [-0.05, 0) is 13.0 Å². The number of hydrogen-bond acceptors (Lipinski definition) is 10. The topological polar surface area (TPSA) is 157 Å². The molecule has 2 aromatic rings. The van der Waals surface area contributed by atoms with E-state index in [4.69, 9.17) is 19.4 Å². The molecular weight excluding hydrogens is 340 g/mol. The molecule has 0 aliphatic carbocycles. The van der Waals surface area contributed by atoms with Gasteiger partial charge in [-0.25, -0.2) is 5.84 Å². The number of amides is 1. The minimum absolute atomic E-state index is 0.0332. The molecule has 24 heavy (non-hydrogen) atoms. The van der Waals surface area contributed by atoms with Crippen molar-refractivity contribution >= 4 is 17.7 Å². The highest BCUT2D eigenvalue weighted by Crippen LogP contribution is 2.35. The average Bonchev–Trinajstić information content (AvgIpc) is 3.26. The van der Waals surface area contributed by atoms with Crippen LogP contribution in [0.3, 0.4) is 0 Å². The van der Waals surface area contributed by atoms with E-state index in [1.165, 1.54) is 0 Å². The van der Waals surface area contributed by atoms with Crippen LogP contribution < -0.4 is 11.3 Å². The summed E-state index contributed by atoms with van der Waals surface area (Å²) >= 11 is 1.05. The molecule has 3 rings (SSSR count). The molecule has 0 bridgehead atoms. The molecule has 1 amide bonds. The lowest BCUT2D eigenvalue weighted by Gasteiger charge is -2.11. The summed E-state index contributed by atoms with van der Waals surface area (Å²) in [5, 5.41) is 27.4. The fraction of sp³-hybridized carbons (Fsp3) is 0.462. The highest BCUT2D eigenvalue weighted by Gasteiger charge is 2.38. The van der Waals surface area contributed by atoms with Gasteiger partial charge in [-0.1, -0.05) is 11.8 Å². The molecule has 3 heterocycles. The first kappa shape index (κ1) is 16.9. The maximum Gasteiger partial charge on any atom is 0.277 e. The maximum atomic E-state index is 11.1. The summed E-state index contributed by atoms with van der Waals surface area (Å²) in [7, 11) is 0. The number of carbonyl (C=O) groups is 1. The third-order valence-electron chi connectivity index (χ3n) is 3.49. The van der Waals surface area contributed by atoms with E-state index in [2.05, 4.69) is 10.2 Å². The summed E-state index contributed by atoms with van der Waals surface area (Å²) in [5.74, 6) is 5.75. The second-order valence-electron chi connectivity index (χ2n) is 5.16. The van der Waals surface area contributed by atoms with E-state index in [0.717, 1.165) is 11.8 Å². The summed E-state index contributed by atoms with van der Waals surface area (Å²) in [6, 6.07) is 1.62. The Balaban J connectivity index is 1.76. The zero-order chi connectivity index (χ0) is 17.3. The van der Waals surface area contributed by atoms with Gasteiger partial charge in [0.1, 0.15) is 29.8 Å². The summed E-state index contributed by atoms with van der Waals surface area (Å²) in [6.07, 6.45) is -2.77. The number of furan rings is 1. The molecule has 1 aliphatic heterocycles. The molecule has 3 atom stereocenters. The minimum atomic E-state index is -1.06. The molecule has 2 aromatic heterocycles.